The number of benzene rings is 2. The number of nitrogens with one attached hydrogen (secondary N) is 1. The predicted molar refractivity (Wildman–Crippen MR) is 117 cm³/mol. The van der Waals surface area contributed by atoms with Crippen LogP contribution in [0.4, 0.5) is 10.8 Å². The van der Waals surface area contributed by atoms with E-state index in [1.165, 1.54) is 35.2 Å². The summed E-state index contributed by atoms with van der Waals surface area (Å²) in [6, 6.07) is 13.9. The number of tetrazole rings is 1. The summed E-state index contributed by atoms with van der Waals surface area (Å²) in [6.45, 7) is 1.99. The van der Waals surface area contributed by atoms with E-state index in [0.717, 1.165) is 11.3 Å². The molecule has 0 atom stereocenters. The SMILES string of the molecule is Cc1ccc(-n2nnnc2SCC(=O)Nc2nc(-c3cccc([N+](=O)[O-])c3)cs2)cc1. The third kappa shape index (κ3) is 4.92. The van der Waals surface area contributed by atoms with Crippen molar-refractivity contribution in [2.24, 2.45) is 0 Å². The highest BCUT2D eigenvalue weighted by Gasteiger charge is 2.14. The minimum Gasteiger partial charge on any atom is -0.301 e. The van der Waals surface area contributed by atoms with E-state index >= 15 is 0 Å². The average Bonchev–Trinajstić information content (AvgIpc) is 3.42. The monoisotopic (exact) mass is 453 g/mol. The standard InChI is InChI=1S/C19H15N7O3S2/c1-12-5-7-14(8-6-12)25-19(22-23-24-25)31-11-17(27)21-18-20-16(10-30-18)13-3-2-4-15(9-13)26(28)29/h2-10H,11H2,1H3,(H,20,21,27). The van der Waals surface area contributed by atoms with Crippen LogP contribution in [0.25, 0.3) is 16.9 Å². The number of hydrogen-bond acceptors (Lipinski definition) is 9. The minimum absolute atomic E-state index is 0.0150. The summed E-state index contributed by atoms with van der Waals surface area (Å²) in [4.78, 5) is 27.2. The second-order valence-corrected chi connectivity index (χ2v) is 8.19. The molecule has 0 radical (unpaired) electrons. The van der Waals surface area contributed by atoms with E-state index in [1.807, 2.05) is 31.2 Å². The molecule has 0 aliphatic carbocycles. The Morgan fingerprint density at radius 2 is 2.06 bits per heavy atom. The van der Waals surface area contributed by atoms with Gasteiger partial charge in [-0.1, -0.05) is 41.6 Å². The lowest BCUT2D eigenvalue weighted by atomic mass is 10.1. The maximum absolute atomic E-state index is 12.4. The van der Waals surface area contributed by atoms with Crippen LogP contribution >= 0.6 is 23.1 Å². The Morgan fingerprint density at radius 1 is 1.26 bits per heavy atom. The summed E-state index contributed by atoms with van der Waals surface area (Å²) in [7, 11) is 0. The van der Waals surface area contributed by atoms with Crippen molar-refractivity contribution >= 4 is 39.8 Å². The summed E-state index contributed by atoms with van der Waals surface area (Å²) < 4.78 is 1.57. The van der Waals surface area contributed by atoms with Gasteiger partial charge in [-0.25, -0.2) is 4.98 Å². The Kier molecular flexibility index (Phi) is 6.00. The molecule has 1 N–H and O–H groups in total. The van der Waals surface area contributed by atoms with Crippen molar-refractivity contribution in [3.63, 3.8) is 0 Å². The zero-order chi connectivity index (χ0) is 21.8. The van der Waals surface area contributed by atoms with E-state index < -0.39 is 4.92 Å². The maximum Gasteiger partial charge on any atom is 0.270 e. The molecule has 2 heterocycles. The van der Waals surface area contributed by atoms with Crippen LogP contribution in [0.3, 0.4) is 0 Å². The zero-order valence-corrected chi connectivity index (χ0v) is 17.8. The number of anilines is 1. The normalized spacial score (nSPS) is 10.7. The Morgan fingerprint density at radius 3 is 2.84 bits per heavy atom. The zero-order valence-electron chi connectivity index (χ0n) is 16.1. The first-order valence-electron chi connectivity index (χ1n) is 8.98. The fourth-order valence-electron chi connectivity index (χ4n) is 2.64. The third-order valence-corrected chi connectivity index (χ3v) is 5.83. The quantitative estimate of drug-likeness (QED) is 0.255. The van der Waals surface area contributed by atoms with Gasteiger partial charge in [-0.3, -0.25) is 14.9 Å². The fourth-order valence-corrected chi connectivity index (χ4v) is 4.07. The molecular weight excluding hydrogens is 438 g/mol. The lowest BCUT2D eigenvalue weighted by Crippen LogP contribution is -2.14. The van der Waals surface area contributed by atoms with Crippen molar-refractivity contribution < 1.29 is 9.72 Å². The molecule has 1 amide bonds. The highest BCUT2D eigenvalue weighted by atomic mass is 32.2. The second-order valence-electron chi connectivity index (χ2n) is 6.39. The van der Waals surface area contributed by atoms with E-state index in [2.05, 4.69) is 25.8 Å². The summed E-state index contributed by atoms with van der Waals surface area (Å²) in [5.74, 6) is -0.166. The molecule has 0 unspecified atom stereocenters. The summed E-state index contributed by atoms with van der Waals surface area (Å²) >= 11 is 2.45. The van der Waals surface area contributed by atoms with Crippen LogP contribution < -0.4 is 5.32 Å². The molecule has 12 heteroatoms. The Balaban J connectivity index is 1.39. The third-order valence-electron chi connectivity index (χ3n) is 4.16. The van der Waals surface area contributed by atoms with Gasteiger partial charge in [0.05, 0.1) is 22.1 Å². The first-order valence-corrected chi connectivity index (χ1v) is 10.8. The highest BCUT2D eigenvalue weighted by Crippen LogP contribution is 2.27. The molecule has 0 aliphatic heterocycles. The van der Waals surface area contributed by atoms with Crippen LogP contribution in [-0.2, 0) is 4.79 Å². The highest BCUT2D eigenvalue weighted by molar-refractivity contribution is 7.99. The molecule has 4 rings (SSSR count). The Labute approximate surface area is 184 Å². The van der Waals surface area contributed by atoms with Crippen LogP contribution in [0.15, 0.2) is 59.1 Å². The predicted octanol–water partition coefficient (Wildman–Crippen LogP) is 3.73. The van der Waals surface area contributed by atoms with Crippen LogP contribution in [0.5, 0.6) is 0 Å². The van der Waals surface area contributed by atoms with E-state index in [9.17, 15) is 14.9 Å². The van der Waals surface area contributed by atoms with Crippen molar-refractivity contribution in [1.82, 2.24) is 25.2 Å². The molecule has 4 aromatic rings. The molecule has 31 heavy (non-hydrogen) atoms. The number of aryl methyl sites for hydroxylation is 1. The number of thioether (sulfide) groups is 1. The first kappa shape index (κ1) is 20.6. The Bertz CT molecular complexity index is 1240. The van der Waals surface area contributed by atoms with Gasteiger partial charge >= 0.3 is 0 Å². The van der Waals surface area contributed by atoms with Gasteiger partial charge in [-0.15, -0.1) is 16.4 Å². The van der Waals surface area contributed by atoms with E-state index in [4.69, 9.17) is 0 Å². The summed E-state index contributed by atoms with van der Waals surface area (Å²) in [6.07, 6.45) is 0. The summed E-state index contributed by atoms with van der Waals surface area (Å²) in [5, 5.41) is 28.0. The molecule has 10 nitrogen and oxygen atoms in total. The van der Waals surface area contributed by atoms with E-state index in [-0.39, 0.29) is 17.3 Å². The molecule has 2 aromatic heterocycles. The number of thiazole rings is 1. The molecule has 0 spiro atoms. The summed E-state index contributed by atoms with van der Waals surface area (Å²) in [5.41, 5.74) is 3.08. The average molecular weight is 454 g/mol. The van der Waals surface area contributed by atoms with Crippen LogP contribution in [0.2, 0.25) is 0 Å². The number of hydrogen-bond donors (Lipinski definition) is 1. The van der Waals surface area contributed by atoms with Gasteiger partial charge in [0.2, 0.25) is 11.1 Å². The van der Waals surface area contributed by atoms with Crippen molar-refractivity contribution in [2.45, 2.75) is 12.1 Å². The topological polar surface area (TPSA) is 129 Å². The molecule has 0 aliphatic rings. The molecule has 2 aromatic carbocycles. The number of nitro groups is 1. The van der Waals surface area contributed by atoms with Gasteiger partial charge in [0.15, 0.2) is 5.13 Å². The van der Waals surface area contributed by atoms with E-state index in [0.29, 0.717) is 21.5 Å². The van der Waals surface area contributed by atoms with Crippen molar-refractivity contribution in [3.8, 4) is 16.9 Å². The first-order chi connectivity index (χ1) is 15.0. The number of non-ortho nitro benzene ring substituents is 1. The molecule has 156 valence electrons. The molecule has 0 saturated carbocycles. The van der Waals surface area contributed by atoms with Crippen molar-refractivity contribution in [1.29, 1.82) is 0 Å². The maximum atomic E-state index is 12.4. The number of carbonyl (C=O) groups excluding carboxylic acids is 1. The largest absolute Gasteiger partial charge is 0.301 e. The number of nitrogens with zero attached hydrogens (tertiary/aromatic N) is 6. The van der Waals surface area contributed by atoms with Gasteiger partial charge in [0, 0.05) is 23.1 Å². The van der Waals surface area contributed by atoms with Crippen molar-refractivity contribution in [3.05, 3.63) is 69.6 Å². The van der Waals surface area contributed by atoms with Crippen molar-refractivity contribution in [2.75, 3.05) is 11.1 Å². The van der Waals surface area contributed by atoms with Crippen LogP contribution in [0, 0.1) is 17.0 Å². The van der Waals surface area contributed by atoms with Gasteiger partial charge < -0.3 is 5.32 Å². The number of aromatic nitrogens is 5. The number of nitro benzene ring substituents is 1. The van der Waals surface area contributed by atoms with Gasteiger partial charge in [0.1, 0.15) is 0 Å². The fraction of sp³-hybridized carbons (Fsp3) is 0.105. The number of carbonyl (C=O) groups is 1. The molecule has 0 bridgehead atoms. The van der Waals surface area contributed by atoms with Gasteiger partial charge in [-0.05, 0) is 29.5 Å². The second kappa shape index (κ2) is 9.02. The van der Waals surface area contributed by atoms with E-state index in [1.54, 1.807) is 22.2 Å². The van der Waals surface area contributed by atoms with Crippen LogP contribution in [0.1, 0.15) is 5.56 Å². The van der Waals surface area contributed by atoms with Gasteiger partial charge in [-0.2, -0.15) is 4.68 Å². The smallest absolute Gasteiger partial charge is 0.270 e. The lowest BCUT2D eigenvalue weighted by molar-refractivity contribution is -0.384. The minimum atomic E-state index is -0.458. The lowest BCUT2D eigenvalue weighted by Gasteiger charge is -2.04. The molecule has 0 fully saturated rings. The molecular formula is C19H15N7O3S2. The number of amides is 1. The Hall–Kier alpha value is -3.64. The number of rotatable bonds is 7. The van der Waals surface area contributed by atoms with Crippen LogP contribution in [-0.4, -0.2) is 41.8 Å². The molecule has 0 saturated heterocycles. The van der Waals surface area contributed by atoms with Gasteiger partial charge in [0.25, 0.3) is 5.69 Å².